The molecule has 2 aromatic carbocycles. The normalized spacial score (nSPS) is 9.61. The van der Waals surface area contributed by atoms with Gasteiger partial charge in [-0.15, -0.1) is 0 Å². The van der Waals surface area contributed by atoms with Crippen LogP contribution in [0.15, 0.2) is 59.5 Å². The van der Waals surface area contributed by atoms with Crippen LogP contribution in [0, 0.1) is 0 Å². The first-order chi connectivity index (χ1) is 8.77. The summed E-state index contributed by atoms with van der Waals surface area (Å²) in [6.45, 7) is 0. The average molecular weight is 445 g/mol. The second kappa shape index (κ2) is 6.95. The molecule has 2 aromatic rings. The predicted molar refractivity (Wildman–Crippen MR) is 69.3 cm³/mol. The molecule has 0 aromatic heterocycles. The summed E-state index contributed by atoms with van der Waals surface area (Å²) < 4.78 is 6.34. The van der Waals surface area contributed by atoms with Gasteiger partial charge in [0.15, 0.2) is 0 Å². The molecule has 0 saturated heterocycles. The van der Waals surface area contributed by atoms with Gasteiger partial charge in [-0.1, -0.05) is 0 Å². The number of hydrogen-bond donors (Lipinski definition) is 1. The van der Waals surface area contributed by atoms with Gasteiger partial charge in [-0.2, -0.15) is 0 Å². The minimum atomic E-state index is -1.66. The molecule has 0 spiro atoms. The Morgan fingerprint density at radius 1 is 1.06 bits per heavy atom. The van der Waals surface area contributed by atoms with Crippen LogP contribution in [0.2, 0.25) is 0 Å². The first-order valence-electron chi connectivity index (χ1n) is 5.76. The van der Waals surface area contributed by atoms with E-state index in [1.165, 1.54) is 5.56 Å². The van der Waals surface area contributed by atoms with E-state index in [9.17, 15) is 4.79 Å². The maximum absolute atomic E-state index is 11.7. The van der Waals surface area contributed by atoms with Crippen molar-refractivity contribution in [1.29, 1.82) is 0 Å². The first kappa shape index (κ1) is 13.6. The molecule has 0 aliphatic heterocycles. The van der Waals surface area contributed by atoms with Crippen LogP contribution in [-0.4, -0.2) is 5.97 Å². The third-order valence-corrected chi connectivity index (χ3v) is 7.74. The van der Waals surface area contributed by atoms with Crippen molar-refractivity contribution >= 4 is 18.6 Å². The van der Waals surface area contributed by atoms with Gasteiger partial charge in [0.2, 0.25) is 0 Å². The monoisotopic (exact) mass is 446 g/mol. The Kier molecular flexibility index (Phi) is 5.26. The Balaban J connectivity index is 1.86. The van der Waals surface area contributed by atoms with E-state index in [-0.39, 0.29) is 5.97 Å². The summed E-state index contributed by atoms with van der Waals surface area (Å²) >= 11 is 2.73. The molecule has 0 fully saturated rings. The molecule has 4 heteroatoms. The van der Waals surface area contributed by atoms with Crippen LogP contribution >= 0.6 is 12.6 Å². The zero-order valence-corrected chi connectivity index (χ0v) is 16.3. The Labute approximate surface area is 125 Å². The standard InChI is InChI=1S/C7H6O2.C7H7S.Hg/c8-7(9)6-4-2-1-3-5-6;1-6-4-2-3-5-7(6)8;/h1-5H,(H,8,9);2-5,8H,1H2;/q;;+1/p-1. The summed E-state index contributed by atoms with van der Waals surface area (Å²) in [7, 11) is 0. The maximum atomic E-state index is 11.7. The van der Waals surface area contributed by atoms with Crippen molar-refractivity contribution in [2.75, 3.05) is 0 Å². The zero-order valence-electron chi connectivity index (χ0n) is 9.87. The fourth-order valence-electron chi connectivity index (χ4n) is 1.63. The van der Waals surface area contributed by atoms with Gasteiger partial charge in [-0.05, 0) is 0 Å². The molecule has 2 nitrogen and oxygen atoms in total. The van der Waals surface area contributed by atoms with E-state index in [4.69, 9.17) is 2.64 Å². The molecular formula is C14H12HgO2S. The summed E-state index contributed by atoms with van der Waals surface area (Å²) in [5, 5.41) is 0. The number of carbonyl (C=O) groups excluding carboxylic acids is 1. The molecule has 2 rings (SSSR count). The molecule has 88 valence electrons. The van der Waals surface area contributed by atoms with Crippen molar-refractivity contribution in [2.24, 2.45) is 0 Å². The van der Waals surface area contributed by atoms with Crippen LogP contribution in [-0.2, 0) is 31.6 Å². The molecule has 0 unspecified atom stereocenters. The molecule has 18 heavy (non-hydrogen) atoms. The topological polar surface area (TPSA) is 26.3 Å². The van der Waals surface area contributed by atoms with Crippen molar-refractivity contribution < 1.29 is 32.5 Å². The molecule has 0 amide bonds. The Hall–Kier alpha value is -0.805. The molecule has 0 aliphatic carbocycles. The molecule has 0 bridgehead atoms. The molecule has 0 radical (unpaired) electrons. The third kappa shape index (κ3) is 3.85. The fourth-order valence-corrected chi connectivity index (χ4v) is 7.04. The predicted octanol–water partition coefficient (Wildman–Crippen LogP) is 3.33. The number of benzene rings is 2. The van der Waals surface area contributed by atoms with E-state index in [2.05, 4.69) is 12.6 Å². The number of carbonyl (C=O) groups is 1. The van der Waals surface area contributed by atoms with E-state index in [1.54, 1.807) is 12.1 Å². The Bertz CT molecular complexity index is 528. The Morgan fingerprint density at radius 3 is 2.44 bits per heavy atom. The van der Waals surface area contributed by atoms with Crippen molar-refractivity contribution in [3.63, 3.8) is 0 Å². The van der Waals surface area contributed by atoms with Gasteiger partial charge in [0.1, 0.15) is 0 Å². The SMILES string of the molecule is O=C([O][Hg][CH2]c1ccccc1S)c1ccccc1. The van der Waals surface area contributed by atoms with Crippen molar-refractivity contribution in [3.05, 3.63) is 65.7 Å². The molecular weight excluding hydrogens is 433 g/mol. The number of hydrogen-bond acceptors (Lipinski definition) is 3. The first-order valence-corrected chi connectivity index (χ1v) is 12.3. The Morgan fingerprint density at radius 2 is 1.72 bits per heavy atom. The third-order valence-electron chi connectivity index (χ3n) is 2.61. The minimum absolute atomic E-state index is 0.186. The molecule has 0 N–H and O–H groups in total. The van der Waals surface area contributed by atoms with E-state index >= 15 is 0 Å². The van der Waals surface area contributed by atoms with Crippen LogP contribution in [0.4, 0.5) is 0 Å². The van der Waals surface area contributed by atoms with Gasteiger partial charge in [0, 0.05) is 0 Å². The molecule has 0 saturated carbocycles. The van der Waals surface area contributed by atoms with Gasteiger partial charge >= 0.3 is 126 Å². The number of rotatable bonds is 4. The molecule has 0 heterocycles. The summed E-state index contributed by atoms with van der Waals surface area (Å²) in [5.74, 6) is -0.186. The summed E-state index contributed by atoms with van der Waals surface area (Å²) in [6, 6.07) is 17.1. The van der Waals surface area contributed by atoms with Crippen molar-refractivity contribution in [2.45, 2.75) is 8.83 Å². The van der Waals surface area contributed by atoms with Crippen LogP contribution in [0.25, 0.3) is 0 Å². The second-order valence-corrected chi connectivity index (χ2v) is 9.02. The summed E-state index contributed by atoms with van der Waals surface area (Å²) in [6.07, 6.45) is 0. The molecule has 0 atom stereocenters. The fraction of sp³-hybridized carbons (Fsp3) is 0.0714. The van der Waals surface area contributed by atoms with E-state index in [0.29, 0.717) is 5.56 Å². The van der Waals surface area contributed by atoms with Crippen LogP contribution < -0.4 is 0 Å². The van der Waals surface area contributed by atoms with Crippen LogP contribution in [0.1, 0.15) is 15.9 Å². The van der Waals surface area contributed by atoms with Gasteiger partial charge < -0.3 is 0 Å². The van der Waals surface area contributed by atoms with Gasteiger partial charge in [0.25, 0.3) is 0 Å². The number of thiol groups is 1. The summed E-state index contributed by atoms with van der Waals surface area (Å²) in [5.41, 5.74) is 1.82. The van der Waals surface area contributed by atoms with E-state index in [0.717, 1.165) is 8.83 Å². The zero-order chi connectivity index (χ0) is 12.8. The van der Waals surface area contributed by atoms with Gasteiger partial charge in [-0.25, -0.2) is 0 Å². The van der Waals surface area contributed by atoms with Crippen LogP contribution in [0.3, 0.4) is 0 Å². The average Bonchev–Trinajstić information content (AvgIpc) is 2.42. The molecule has 0 aliphatic rings. The van der Waals surface area contributed by atoms with Gasteiger partial charge in [0.05, 0.1) is 0 Å². The second-order valence-electron chi connectivity index (χ2n) is 3.88. The van der Waals surface area contributed by atoms with Crippen molar-refractivity contribution in [3.8, 4) is 0 Å². The quantitative estimate of drug-likeness (QED) is 0.578. The van der Waals surface area contributed by atoms with Gasteiger partial charge in [-0.3, -0.25) is 0 Å². The van der Waals surface area contributed by atoms with E-state index in [1.807, 2.05) is 42.5 Å². The van der Waals surface area contributed by atoms with Crippen molar-refractivity contribution in [1.82, 2.24) is 0 Å². The summed E-state index contributed by atoms with van der Waals surface area (Å²) in [4.78, 5) is 12.7. The van der Waals surface area contributed by atoms with Crippen LogP contribution in [0.5, 0.6) is 0 Å². The van der Waals surface area contributed by atoms with E-state index < -0.39 is 25.0 Å².